The normalized spacial score (nSPS) is 24.9. The number of likely N-dealkylation sites (tertiary alicyclic amines) is 1. The monoisotopic (exact) mass is 405 g/mol. The number of imide groups is 1. The Morgan fingerprint density at radius 3 is 2.60 bits per heavy atom. The van der Waals surface area contributed by atoms with Crippen LogP contribution in [0, 0.1) is 5.92 Å². The number of likely N-dealkylation sites (N-methyl/N-ethyl adjacent to an activating group) is 1. The molecule has 0 aromatic heterocycles. The average Bonchev–Trinajstić information content (AvgIpc) is 3.13. The highest BCUT2D eigenvalue weighted by Crippen LogP contribution is 2.30. The van der Waals surface area contributed by atoms with E-state index in [1.54, 1.807) is 11.9 Å². The smallest absolute Gasteiger partial charge is 0.325 e. The summed E-state index contributed by atoms with van der Waals surface area (Å²) < 4.78 is 0. The molecular weight excluding hydrogens is 378 g/mol. The number of amides is 3. The number of piperidine rings is 1. The Balaban J connectivity index is 1.53. The topological polar surface area (TPSA) is 68.2 Å². The third-order valence-electron chi connectivity index (χ3n) is 6.63. The van der Waals surface area contributed by atoms with Gasteiger partial charge in [0.15, 0.2) is 18.2 Å². The molecule has 2 unspecified atom stereocenters. The molecule has 0 aliphatic carbocycles. The van der Waals surface area contributed by atoms with Crippen molar-refractivity contribution in [3.63, 3.8) is 0 Å². The van der Waals surface area contributed by atoms with Crippen LogP contribution in [0.3, 0.4) is 0 Å². The minimum atomic E-state index is -0.513. The lowest BCUT2D eigenvalue weighted by Gasteiger charge is -2.39. The van der Waals surface area contributed by atoms with E-state index in [0.717, 1.165) is 37.5 Å². The fraction of sp³-hybridized carbons (Fsp3) is 0.435. The summed E-state index contributed by atoms with van der Waals surface area (Å²) in [5.41, 5.74) is 1.15. The second-order valence-corrected chi connectivity index (χ2v) is 8.63. The Kier molecular flexibility index (Phi) is 4.60. The number of urea groups is 1. The summed E-state index contributed by atoms with van der Waals surface area (Å²) in [5, 5.41) is 4.85. The van der Waals surface area contributed by atoms with Crippen molar-refractivity contribution in [3.8, 4) is 0 Å². The highest BCUT2D eigenvalue weighted by atomic mass is 16.2. The lowest BCUT2D eigenvalue weighted by atomic mass is 9.99. The molecule has 2 fully saturated rings. The molecular formula is C23H27N5O2. The molecule has 2 atom stereocenters. The summed E-state index contributed by atoms with van der Waals surface area (Å²) in [5.74, 6) is 1.26. The number of nitrogens with one attached hydrogen (secondary N) is 1. The Labute approximate surface area is 176 Å². The Morgan fingerprint density at radius 2 is 1.80 bits per heavy atom. The highest BCUT2D eigenvalue weighted by molar-refractivity contribution is 6.03. The molecule has 2 saturated heterocycles. The van der Waals surface area contributed by atoms with Gasteiger partial charge in [0.25, 0.3) is 5.91 Å². The van der Waals surface area contributed by atoms with Crippen LogP contribution in [0.2, 0.25) is 0 Å². The highest BCUT2D eigenvalue weighted by Gasteiger charge is 2.49. The summed E-state index contributed by atoms with van der Waals surface area (Å²) in [6, 6.07) is 13.7. The first-order valence-electron chi connectivity index (χ1n) is 10.7. The molecule has 3 amide bonds. The summed E-state index contributed by atoms with van der Waals surface area (Å²) in [7, 11) is 1.71. The van der Waals surface area contributed by atoms with Crippen molar-refractivity contribution < 1.29 is 9.59 Å². The van der Waals surface area contributed by atoms with E-state index in [1.807, 2.05) is 12.1 Å². The second-order valence-electron chi connectivity index (χ2n) is 8.63. The zero-order chi connectivity index (χ0) is 20.8. The molecule has 30 heavy (non-hydrogen) atoms. The maximum atomic E-state index is 12.9. The van der Waals surface area contributed by atoms with Gasteiger partial charge in [-0.2, -0.15) is 0 Å². The summed E-state index contributed by atoms with van der Waals surface area (Å²) in [6.45, 7) is 4.69. The number of hydrogen-bond acceptors (Lipinski definition) is 5. The molecule has 3 aliphatic rings. The number of carbonyl (C=O) groups is 2. The fourth-order valence-corrected chi connectivity index (χ4v) is 4.77. The quantitative estimate of drug-likeness (QED) is 0.834. The van der Waals surface area contributed by atoms with Gasteiger partial charge in [0, 0.05) is 26.7 Å². The molecule has 156 valence electrons. The van der Waals surface area contributed by atoms with E-state index in [1.165, 1.54) is 10.8 Å². The molecule has 1 N–H and O–H groups in total. The third-order valence-corrected chi connectivity index (χ3v) is 6.63. The average molecular weight is 406 g/mol. The summed E-state index contributed by atoms with van der Waals surface area (Å²) in [6.07, 6.45) is 1.73. The first-order valence-corrected chi connectivity index (χ1v) is 10.7. The molecule has 7 heteroatoms. The standard InChI is InChI=1S/C23H27N5O2/c1-15-10-12-27(13-11-15)22-24-20-19(21(29)25-23(30)26(20)2)28(22)14-17-8-5-7-16-6-3-4-9-18(16)17/h3-9,15,19-20H,10-14H2,1-2H3,(H,25,29,30). The van der Waals surface area contributed by atoms with Crippen LogP contribution in [0.15, 0.2) is 47.5 Å². The number of aliphatic imine (C=N–C) groups is 1. The van der Waals surface area contributed by atoms with E-state index >= 15 is 0 Å². The van der Waals surface area contributed by atoms with Crippen LogP contribution in [0.5, 0.6) is 0 Å². The molecule has 0 saturated carbocycles. The van der Waals surface area contributed by atoms with E-state index in [0.29, 0.717) is 12.5 Å². The van der Waals surface area contributed by atoms with Crippen LogP contribution in [0.4, 0.5) is 4.79 Å². The first kappa shape index (κ1) is 18.9. The number of benzene rings is 2. The van der Waals surface area contributed by atoms with Gasteiger partial charge < -0.3 is 14.7 Å². The van der Waals surface area contributed by atoms with Gasteiger partial charge in [0.05, 0.1) is 0 Å². The van der Waals surface area contributed by atoms with E-state index in [4.69, 9.17) is 4.99 Å². The predicted molar refractivity (Wildman–Crippen MR) is 116 cm³/mol. The molecule has 2 aromatic carbocycles. The van der Waals surface area contributed by atoms with E-state index in [2.05, 4.69) is 52.4 Å². The summed E-state index contributed by atoms with van der Waals surface area (Å²) in [4.78, 5) is 35.9. The van der Waals surface area contributed by atoms with Gasteiger partial charge in [0.2, 0.25) is 0 Å². The minimum Gasteiger partial charge on any atom is -0.343 e. The SMILES string of the molecule is CC1CCN(C2=NC3C(C(=O)NC(=O)N3C)N2Cc2cccc3ccccc23)CC1. The number of guanidine groups is 1. The number of rotatable bonds is 2. The predicted octanol–water partition coefficient (Wildman–Crippen LogP) is 2.62. The van der Waals surface area contributed by atoms with Gasteiger partial charge in [-0.15, -0.1) is 0 Å². The van der Waals surface area contributed by atoms with Crippen LogP contribution in [0.25, 0.3) is 10.8 Å². The first-order chi connectivity index (χ1) is 14.5. The van der Waals surface area contributed by atoms with E-state index in [-0.39, 0.29) is 11.9 Å². The van der Waals surface area contributed by atoms with Gasteiger partial charge in [-0.1, -0.05) is 49.4 Å². The van der Waals surface area contributed by atoms with Gasteiger partial charge in [-0.25, -0.2) is 9.79 Å². The maximum absolute atomic E-state index is 12.9. The van der Waals surface area contributed by atoms with Crippen molar-refractivity contribution in [1.29, 1.82) is 0 Å². The molecule has 3 aliphatic heterocycles. The van der Waals surface area contributed by atoms with Crippen LogP contribution in [-0.2, 0) is 11.3 Å². The number of fused-ring (bicyclic) bond motifs is 2. The molecule has 5 rings (SSSR count). The zero-order valence-electron chi connectivity index (χ0n) is 17.4. The Hall–Kier alpha value is -3.09. The van der Waals surface area contributed by atoms with Gasteiger partial charge >= 0.3 is 6.03 Å². The maximum Gasteiger partial charge on any atom is 0.325 e. The molecule has 0 bridgehead atoms. The van der Waals surface area contributed by atoms with Gasteiger partial charge in [0.1, 0.15) is 0 Å². The zero-order valence-corrected chi connectivity index (χ0v) is 17.4. The lowest BCUT2D eigenvalue weighted by Crippen LogP contribution is -2.64. The Morgan fingerprint density at radius 1 is 1.07 bits per heavy atom. The van der Waals surface area contributed by atoms with Crippen molar-refractivity contribution >= 4 is 28.7 Å². The van der Waals surface area contributed by atoms with Crippen LogP contribution in [-0.4, -0.2) is 64.9 Å². The summed E-state index contributed by atoms with van der Waals surface area (Å²) >= 11 is 0. The largest absolute Gasteiger partial charge is 0.343 e. The van der Waals surface area contributed by atoms with Crippen molar-refractivity contribution in [2.24, 2.45) is 10.9 Å². The number of carbonyl (C=O) groups excluding carboxylic acids is 2. The van der Waals surface area contributed by atoms with Gasteiger partial charge in [-0.05, 0) is 35.1 Å². The molecule has 0 radical (unpaired) electrons. The molecule has 2 aromatic rings. The fourth-order valence-electron chi connectivity index (χ4n) is 4.77. The van der Waals surface area contributed by atoms with E-state index < -0.39 is 12.2 Å². The molecule has 3 heterocycles. The minimum absolute atomic E-state index is 0.271. The van der Waals surface area contributed by atoms with Crippen molar-refractivity contribution in [3.05, 3.63) is 48.0 Å². The van der Waals surface area contributed by atoms with Crippen LogP contribution < -0.4 is 5.32 Å². The van der Waals surface area contributed by atoms with Gasteiger partial charge in [-0.3, -0.25) is 10.1 Å². The third kappa shape index (κ3) is 3.09. The van der Waals surface area contributed by atoms with Crippen molar-refractivity contribution in [2.45, 2.75) is 38.5 Å². The van der Waals surface area contributed by atoms with Crippen molar-refractivity contribution in [2.75, 3.05) is 20.1 Å². The lowest BCUT2D eigenvalue weighted by molar-refractivity contribution is -0.127. The molecule has 0 spiro atoms. The molecule has 7 nitrogen and oxygen atoms in total. The second kappa shape index (κ2) is 7.31. The van der Waals surface area contributed by atoms with Crippen molar-refractivity contribution in [1.82, 2.24) is 20.0 Å². The van der Waals surface area contributed by atoms with Crippen LogP contribution in [0.1, 0.15) is 25.3 Å². The van der Waals surface area contributed by atoms with Crippen LogP contribution >= 0.6 is 0 Å². The number of nitrogens with zero attached hydrogens (tertiary/aromatic N) is 4. The van der Waals surface area contributed by atoms with E-state index in [9.17, 15) is 9.59 Å². The number of hydrogen-bond donors (Lipinski definition) is 1. The Bertz CT molecular complexity index is 1020.